The molecule has 1 aromatic rings. The van der Waals surface area contributed by atoms with Crippen molar-refractivity contribution < 1.29 is 5.11 Å². The number of aliphatic imine (C=N–C) groups is 1. The van der Waals surface area contributed by atoms with E-state index in [2.05, 4.69) is 4.99 Å². The number of rotatable bonds is 1. The zero-order valence-electron chi connectivity index (χ0n) is 11.2. The summed E-state index contributed by atoms with van der Waals surface area (Å²) < 4.78 is 2.45. The fraction of sp³-hybridized carbons (Fsp3) is 0.308. The Kier molecular flexibility index (Phi) is 2.72. The fourth-order valence-electron chi connectivity index (χ4n) is 2.35. The van der Waals surface area contributed by atoms with Crippen LogP contribution in [0.5, 0.6) is 0 Å². The molecule has 1 aromatic heterocycles. The summed E-state index contributed by atoms with van der Waals surface area (Å²) in [6.45, 7) is 0.284. The Morgan fingerprint density at radius 1 is 1.30 bits per heavy atom. The maximum atomic E-state index is 12.2. The van der Waals surface area contributed by atoms with Crippen molar-refractivity contribution in [2.45, 2.75) is 6.54 Å². The Morgan fingerprint density at radius 3 is 2.75 bits per heavy atom. The number of hydrogen-bond acceptors (Lipinski definition) is 5. The molecule has 3 heterocycles. The molecule has 0 radical (unpaired) electrons. The van der Waals surface area contributed by atoms with Crippen LogP contribution in [0.25, 0.3) is 0 Å². The van der Waals surface area contributed by atoms with E-state index in [-0.39, 0.29) is 12.2 Å². The minimum Gasteiger partial charge on any atom is -0.392 e. The molecular weight excluding hydrogens is 260 g/mol. The van der Waals surface area contributed by atoms with Crippen LogP contribution in [0.2, 0.25) is 0 Å². The third-order valence-corrected chi connectivity index (χ3v) is 3.53. The normalized spacial score (nSPS) is 16.4. The minimum atomic E-state index is -0.399. The van der Waals surface area contributed by atoms with Gasteiger partial charge in [-0.15, -0.1) is 0 Å². The molecule has 0 aliphatic carbocycles. The molecule has 0 spiro atoms. The van der Waals surface area contributed by atoms with E-state index in [1.807, 2.05) is 4.90 Å². The lowest BCUT2D eigenvalue weighted by Crippen LogP contribution is -2.42. The van der Waals surface area contributed by atoms with Crippen LogP contribution in [0, 0.1) is 0 Å². The lowest BCUT2D eigenvalue weighted by Gasteiger charge is -2.29. The second-order valence-electron chi connectivity index (χ2n) is 4.80. The van der Waals surface area contributed by atoms with Crippen LogP contribution in [-0.2, 0) is 20.6 Å². The average molecular weight is 274 g/mol. The maximum Gasteiger partial charge on any atom is 0.332 e. The lowest BCUT2D eigenvalue weighted by atomic mass is 10.1. The molecule has 0 bridgehead atoms. The predicted octanol–water partition coefficient (Wildman–Crippen LogP) is -0.624. The van der Waals surface area contributed by atoms with E-state index in [0.717, 1.165) is 10.1 Å². The summed E-state index contributed by atoms with van der Waals surface area (Å²) >= 11 is 0. The van der Waals surface area contributed by atoms with Crippen LogP contribution in [0.3, 0.4) is 0 Å². The molecule has 0 aromatic carbocycles. The van der Waals surface area contributed by atoms with Crippen LogP contribution in [0.15, 0.2) is 38.5 Å². The number of hydrogen-bond donors (Lipinski definition) is 1. The second-order valence-corrected chi connectivity index (χ2v) is 4.80. The van der Waals surface area contributed by atoms with E-state index in [4.69, 9.17) is 5.11 Å². The van der Waals surface area contributed by atoms with Gasteiger partial charge < -0.3 is 10.0 Å². The molecule has 0 saturated carbocycles. The first kappa shape index (κ1) is 12.6. The van der Waals surface area contributed by atoms with Crippen LogP contribution in [0.4, 0.5) is 5.82 Å². The van der Waals surface area contributed by atoms with Crippen molar-refractivity contribution in [3.8, 4) is 0 Å². The van der Waals surface area contributed by atoms with E-state index in [1.54, 1.807) is 25.4 Å². The zero-order chi connectivity index (χ0) is 14.4. The van der Waals surface area contributed by atoms with E-state index in [9.17, 15) is 9.59 Å². The highest BCUT2D eigenvalue weighted by Gasteiger charge is 2.25. The molecule has 0 unspecified atom stereocenters. The van der Waals surface area contributed by atoms with Crippen molar-refractivity contribution in [2.75, 3.05) is 6.61 Å². The van der Waals surface area contributed by atoms with Crippen molar-refractivity contribution in [2.24, 2.45) is 19.1 Å². The van der Waals surface area contributed by atoms with Gasteiger partial charge in [0.15, 0.2) is 0 Å². The highest BCUT2D eigenvalue weighted by atomic mass is 16.3. The van der Waals surface area contributed by atoms with Gasteiger partial charge in [-0.1, -0.05) is 0 Å². The topological polar surface area (TPSA) is 79.8 Å². The summed E-state index contributed by atoms with van der Waals surface area (Å²) in [5, 5.41) is 9.15. The van der Waals surface area contributed by atoms with Gasteiger partial charge in [-0.25, -0.2) is 9.79 Å². The van der Waals surface area contributed by atoms with Gasteiger partial charge >= 0.3 is 5.69 Å². The van der Waals surface area contributed by atoms with Crippen LogP contribution in [-0.4, -0.2) is 31.6 Å². The largest absolute Gasteiger partial charge is 0.392 e. The summed E-state index contributed by atoms with van der Waals surface area (Å²) in [7, 11) is 3.05. The van der Waals surface area contributed by atoms with Crippen LogP contribution < -0.4 is 11.2 Å². The summed E-state index contributed by atoms with van der Waals surface area (Å²) in [6.07, 6.45) is 5.29. The van der Waals surface area contributed by atoms with E-state index in [0.29, 0.717) is 23.8 Å². The zero-order valence-corrected chi connectivity index (χ0v) is 11.2. The molecule has 20 heavy (non-hydrogen) atoms. The first-order chi connectivity index (χ1) is 9.52. The highest BCUT2D eigenvalue weighted by Crippen LogP contribution is 2.24. The van der Waals surface area contributed by atoms with Gasteiger partial charge in [0.2, 0.25) is 0 Å². The molecule has 7 nitrogen and oxygen atoms in total. The number of aromatic nitrogens is 2. The monoisotopic (exact) mass is 274 g/mol. The molecule has 7 heteroatoms. The Hall–Kier alpha value is -2.41. The van der Waals surface area contributed by atoms with Crippen molar-refractivity contribution in [1.29, 1.82) is 0 Å². The highest BCUT2D eigenvalue weighted by molar-refractivity contribution is 5.98. The molecule has 3 rings (SSSR count). The van der Waals surface area contributed by atoms with Gasteiger partial charge in [-0.2, -0.15) is 0 Å². The van der Waals surface area contributed by atoms with Gasteiger partial charge in [-0.05, 0) is 17.7 Å². The first-order valence-electron chi connectivity index (χ1n) is 6.17. The Morgan fingerprint density at radius 2 is 2.05 bits per heavy atom. The number of fused-ring (bicyclic) bond motifs is 2. The molecule has 2 aliphatic rings. The fourth-order valence-corrected chi connectivity index (χ4v) is 2.35. The second kappa shape index (κ2) is 4.31. The van der Waals surface area contributed by atoms with Gasteiger partial charge in [0, 0.05) is 20.3 Å². The molecule has 104 valence electrons. The molecule has 0 saturated heterocycles. The Labute approximate surface area is 114 Å². The summed E-state index contributed by atoms with van der Waals surface area (Å²) in [5.74, 6) is 1.00. The predicted molar refractivity (Wildman–Crippen MR) is 73.9 cm³/mol. The van der Waals surface area contributed by atoms with Crippen molar-refractivity contribution in [1.82, 2.24) is 14.0 Å². The van der Waals surface area contributed by atoms with Crippen LogP contribution >= 0.6 is 0 Å². The summed E-state index contributed by atoms with van der Waals surface area (Å²) in [6, 6.07) is 0. The Bertz CT molecular complexity index is 795. The molecule has 2 aliphatic heterocycles. The van der Waals surface area contributed by atoms with E-state index in [1.165, 1.54) is 11.6 Å². The molecule has 0 atom stereocenters. The third-order valence-electron chi connectivity index (χ3n) is 3.53. The quantitative estimate of drug-likeness (QED) is 0.740. The summed E-state index contributed by atoms with van der Waals surface area (Å²) in [5.41, 5.74) is 0.502. The number of aliphatic hydroxyl groups excluding tert-OH is 1. The molecule has 0 amide bonds. The van der Waals surface area contributed by atoms with Gasteiger partial charge in [-0.3, -0.25) is 13.9 Å². The third kappa shape index (κ3) is 1.67. The average Bonchev–Trinajstić information content (AvgIpc) is 2.48. The molecular formula is C13H14N4O3. The number of nitrogens with zero attached hydrogens (tertiary/aromatic N) is 4. The minimum absolute atomic E-state index is 0.0777. The van der Waals surface area contributed by atoms with Crippen molar-refractivity contribution >= 4 is 11.7 Å². The number of aliphatic hydroxyl groups is 1. The van der Waals surface area contributed by atoms with Gasteiger partial charge in [0.25, 0.3) is 5.56 Å². The van der Waals surface area contributed by atoms with Gasteiger partial charge in [0.1, 0.15) is 11.7 Å². The van der Waals surface area contributed by atoms with E-state index >= 15 is 0 Å². The lowest BCUT2D eigenvalue weighted by molar-refractivity contribution is 0.334. The van der Waals surface area contributed by atoms with Crippen molar-refractivity contribution in [3.63, 3.8) is 0 Å². The first-order valence-corrected chi connectivity index (χ1v) is 6.17. The van der Waals surface area contributed by atoms with E-state index < -0.39 is 5.69 Å². The maximum absolute atomic E-state index is 12.2. The number of amidine groups is 1. The Balaban J connectivity index is 2.26. The van der Waals surface area contributed by atoms with Crippen molar-refractivity contribution in [3.05, 3.63) is 50.3 Å². The molecule has 0 fully saturated rings. The van der Waals surface area contributed by atoms with Gasteiger partial charge in [0.05, 0.1) is 18.7 Å². The van der Waals surface area contributed by atoms with Crippen LogP contribution in [0.1, 0.15) is 5.56 Å². The standard InChI is InChI=1S/C13H14N4O3/c1-15-11-9(12(19)16(2)13(15)20)6-17-4-3-8(7-18)5-10(17)14-11/h3-5,18H,6-7H2,1-2H3. The summed E-state index contributed by atoms with van der Waals surface area (Å²) in [4.78, 5) is 30.3. The molecule has 1 N–H and O–H groups in total. The smallest absolute Gasteiger partial charge is 0.332 e. The SMILES string of the molecule is Cn1c2c(c(=O)n(C)c1=O)CN1C=CC(CO)=CC1=N2.